The molecule has 1 aliphatic rings. The molecular weight excluding hydrogens is 348 g/mol. The van der Waals surface area contributed by atoms with Crippen molar-refractivity contribution in [3.8, 4) is 6.07 Å². The first-order chi connectivity index (χ1) is 13.7. The minimum atomic E-state index is 0.0671. The minimum Gasteiger partial charge on any atom is -0.509 e. The zero-order valence-electron chi connectivity index (χ0n) is 15.8. The van der Waals surface area contributed by atoms with Crippen LogP contribution >= 0.6 is 0 Å². The average molecular weight is 370 g/mol. The summed E-state index contributed by atoms with van der Waals surface area (Å²) in [6, 6.07) is 20.2. The van der Waals surface area contributed by atoms with Crippen molar-refractivity contribution >= 4 is 22.2 Å². The third-order valence-electron chi connectivity index (χ3n) is 5.22. The molecule has 2 aromatic carbocycles. The van der Waals surface area contributed by atoms with Gasteiger partial charge in [0.1, 0.15) is 17.4 Å². The van der Waals surface area contributed by atoms with Crippen LogP contribution in [-0.2, 0) is 7.05 Å². The van der Waals surface area contributed by atoms with E-state index in [1.165, 1.54) is 11.1 Å². The maximum atomic E-state index is 10.7. The monoisotopic (exact) mass is 370 g/mol. The van der Waals surface area contributed by atoms with Gasteiger partial charge in [0, 0.05) is 20.1 Å². The second-order valence-corrected chi connectivity index (χ2v) is 7.00. The molecule has 3 aromatic rings. The Morgan fingerprint density at radius 2 is 1.89 bits per heavy atom. The second kappa shape index (κ2) is 7.71. The van der Waals surface area contributed by atoms with Gasteiger partial charge in [0.05, 0.1) is 17.6 Å². The number of fused-ring (bicyclic) bond motifs is 1. The largest absolute Gasteiger partial charge is 0.509 e. The molecule has 0 fully saturated rings. The molecule has 0 aliphatic carbocycles. The van der Waals surface area contributed by atoms with Gasteiger partial charge < -0.3 is 9.67 Å². The number of hydrogen-bond donors (Lipinski definition) is 1. The third-order valence-corrected chi connectivity index (χ3v) is 5.22. The van der Waals surface area contributed by atoms with Crippen molar-refractivity contribution in [2.45, 2.75) is 6.42 Å². The Labute approximate surface area is 164 Å². The third kappa shape index (κ3) is 3.42. The highest BCUT2D eigenvalue weighted by Gasteiger charge is 2.19. The van der Waals surface area contributed by atoms with Crippen molar-refractivity contribution < 1.29 is 5.11 Å². The molecule has 1 N–H and O–H groups in total. The highest BCUT2D eigenvalue weighted by molar-refractivity contribution is 5.83. The predicted octanol–water partition coefficient (Wildman–Crippen LogP) is 4.16. The van der Waals surface area contributed by atoms with Crippen LogP contribution in [0.3, 0.4) is 0 Å². The van der Waals surface area contributed by atoms with Crippen LogP contribution in [0.15, 0.2) is 66.4 Å². The predicted molar refractivity (Wildman–Crippen MR) is 111 cm³/mol. The highest BCUT2D eigenvalue weighted by atomic mass is 16.3. The first-order valence-electron chi connectivity index (χ1n) is 9.38. The number of aryl methyl sites for hydroxylation is 1. The number of imidazole rings is 1. The van der Waals surface area contributed by atoms with Gasteiger partial charge in [-0.3, -0.25) is 4.90 Å². The molecule has 2 heterocycles. The van der Waals surface area contributed by atoms with E-state index in [-0.39, 0.29) is 11.3 Å². The van der Waals surface area contributed by atoms with E-state index in [1.54, 1.807) is 0 Å². The van der Waals surface area contributed by atoms with Crippen LogP contribution < -0.4 is 0 Å². The fourth-order valence-corrected chi connectivity index (χ4v) is 3.67. The summed E-state index contributed by atoms with van der Waals surface area (Å²) in [6.45, 7) is 1.92. The summed E-state index contributed by atoms with van der Waals surface area (Å²) in [5.74, 6) is 0.566. The molecule has 0 spiro atoms. The van der Waals surface area contributed by atoms with Crippen molar-refractivity contribution in [1.29, 1.82) is 5.26 Å². The molecule has 0 radical (unpaired) electrons. The number of aromatic nitrogens is 2. The van der Waals surface area contributed by atoms with E-state index in [0.29, 0.717) is 12.4 Å². The molecule has 5 heteroatoms. The molecule has 1 aromatic heterocycles. The Kier molecular flexibility index (Phi) is 4.96. The molecule has 0 saturated heterocycles. The van der Waals surface area contributed by atoms with E-state index in [2.05, 4.69) is 34.2 Å². The number of aliphatic hydroxyl groups excluding tert-OH is 1. The van der Waals surface area contributed by atoms with Crippen LogP contribution in [0, 0.1) is 11.3 Å². The van der Waals surface area contributed by atoms with E-state index in [9.17, 15) is 10.4 Å². The van der Waals surface area contributed by atoms with Crippen LogP contribution in [0.5, 0.6) is 0 Å². The van der Waals surface area contributed by atoms with Crippen molar-refractivity contribution in [3.63, 3.8) is 0 Å². The van der Waals surface area contributed by atoms with Gasteiger partial charge in [-0.25, -0.2) is 4.98 Å². The number of allylic oxidation sites excluding steroid dienone is 1. The summed E-state index contributed by atoms with van der Waals surface area (Å²) >= 11 is 0. The van der Waals surface area contributed by atoms with Gasteiger partial charge in [-0.2, -0.15) is 5.26 Å². The van der Waals surface area contributed by atoms with Crippen LogP contribution in [0.1, 0.15) is 17.8 Å². The van der Waals surface area contributed by atoms with Crippen molar-refractivity contribution in [3.05, 3.63) is 77.8 Å². The van der Waals surface area contributed by atoms with Gasteiger partial charge >= 0.3 is 0 Å². The Hall–Kier alpha value is -3.36. The second-order valence-electron chi connectivity index (χ2n) is 7.00. The van der Waals surface area contributed by atoms with E-state index in [0.717, 1.165) is 30.5 Å². The lowest BCUT2D eigenvalue weighted by atomic mass is 9.99. The molecule has 0 bridgehead atoms. The molecule has 28 heavy (non-hydrogen) atoms. The van der Waals surface area contributed by atoms with Gasteiger partial charge in [0.25, 0.3) is 0 Å². The standard InChI is InChI=1S/C23H22N4O/c1-26-21-10-6-5-9-20(21)25-23(26)19(15-24)22(28)16-27-13-11-18(12-14-27)17-7-3-2-4-8-17/h2-11,28H,12-14,16H2,1H3/b22-19-. The number of nitriles is 1. The van der Waals surface area contributed by atoms with E-state index in [1.807, 2.05) is 54.1 Å². The lowest BCUT2D eigenvalue weighted by Crippen LogP contribution is -2.30. The smallest absolute Gasteiger partial charge is 0.155 e. The number of para-hydroxylation sites is 2. The summed E-state index contributed by atoms with van der Waals surface area (Å²) in [6.07, 6.45) is 3.12. The Morgan fingerprint density at radius 1 is 1.14 bits per heavy atom. The SMILES string of the molecule is Cn1c(/C(C#N)=C(\O)CN2CC=C(c3ccccc3)CC2)nc2ccccc21. The normalized spacial score (nSPS) is 15.8. The van der Waals surface area contributed by atoms with Crippen LogP contribution in [-0.4, -0.2) is 39.2 Å². The Bertz CT molecular complexity index is 1100. The number of rotatable bonds is 4. The first kappa shape index (κ1) is 18.0. The molecule has 140 valence electrons. The molecule has 4 rings (SSSR count). The van der Waals surface area contributed by atoms with E-state index in [4.69, 9.17) is 0 Å². The van der Waals surface area contributed by atoms with Crippen LogP contribution in [0.25, 0.3) is 22.2 Å². The van der Waals surface area contributed by atoms with Gasteiger partial charge in [-0.15, -0.1) is 0 Å². The minimum absolute atomic E-state index is 0.0671. The van der Waals surface area contributed by atoms with Crippen molar-refractivity contribution in [2.24, 2.45) is 7.05 Å². The highest BCUT2D eigenvalue weighted by Crippen LogP contribution is 2.25. The zero-order chi connectivity index (χ0) is 19.5. The lowest BCUT2D eigenvalue weighted by Gasteiger charge is -2.26. The van der Waals surface area contributed by atoms with Gasteiger partial charge in [-0.05, 0) is 29.7 Å². The number of hydrogen-bond acceptors (Lipinski definition) is 4. The zero-order valence-corrected chi connectivity index (χ0v) is 15.8. The van der Waals surface area contributed by atoms with Crippen molar-refractivity contribution in [2.75, 3.05) is 19.6 Å². The molecule has 0 saturated carbocycles. The summed E-state index contributed by atoms with van der Waals surface area (Å²) in [5.41, 5.74) is 4.56. The van der Waals surface area contributed by atoms with E-state index >= 15 is 0 Å². The maximum absolute atomic E-state index is 10.7. The summed E-state index contributed by atoms with van der Waals surface area (Å²) in [7, 11) is 1.87. The first-order valence-corrected chi connectivity index (χ1v) is 9.38. The summed E-state index contributed by atoms with van der Waals surface area (Å²) in [4.78, 5) is 6.68. The average Bonchev–Trinajstić information content (AvgIpc) is 3.06. The van der Waals surface area contributed by atoms with Crippen LogP contribution in [0.2, 0.25) is 0 Å². The molecular formula is C23H22N4O. The molecule has 0 amide bonds. The van der Waals surface area contributed by atoms with Crippen molar-refractivity contribution in [1.82, 2.24) is 14.5 Å². The Balaban J connectivity index is 1.55. The maximum Gasteiger partial charge on any atom is 0.155 e. The fraction of sp³-hybridized carbons (Fsp3) is 0.217. The summed E-state index contributed by atoms with van der Waals surface area (Å²) in [5, 5.41) is 20.4. The van der Waals surface area contributed by atoms with E-state index < -0.39 is 0 Å². The van der Waals surface area contributed by atoms with Gasteiger partial charge in [0.2, 0.25) is 0 Å². The molecule has 0 atom stereocenters. The molecule has 5 nitrogen and oxygen atoms in total. The fourth-order valence-electron chi connectivity index (χ4n) is 3.67. The topological polar surface area (TPSA) is 65.1 Å². The number of nitrogens with zero attached hydrogens (tertiary/aromatic N) is 4. The summed E-state index contributed by atoms with van der Waals surface area (Å²) < 4.78 is 1.85. The Morgan fingerprint density at radius 3 is 2.57 bits per heavy atom. The molecule has 0 unspecified atom stereocenters. The van der Waals surface area contributed by atoms with Gasteiger partial charge in [-0.1, -0.05) is 48.5 Å². The number of benzene rings is 2. The quantitative estimate of drug-likeness (QED) is 0.553. The molecule has 1 aliphatic heterocycles. The number of aliphatic hydroxyl groups is 1. The van der Waals surface area contributed by atoms with Crippen LogP contribution in [0.4, 0.5) is 0 Å². The lowest BCUT2D eigenvalue weighted by molar-refractivity contribution is 0.270. The van der Waals surface area contributed by atoms with Gasteiger partial charge in [0.15, 0.2) is 5.82 Å².